The lowest BCUT2D eigenvalue weighted by atomic mass is 9.89. The molecule has 0 bridgehead atoms. The van der Waals surface area contributed by atoms with Gasteiger partial charge >= 0.3 is 6.11 Å². The highest BCUT2D eigenvalue weighted by Crippen LogP contribution is 2.60. The molecule has 3 aromatic rings. The van der Waals surface area contributed by atoms with Crippen molar-refractivity contribution < 1.29 is 23.0 Å². The normalized spacial score (nSPS) is 22.7. The number of nitrogens with zero attached hydrogens (tertiary/aromatic N) is 4. The number of pyridine rings is 1. The molecule has 1 aliphatic carbocycles. The van der Waals surface area contributed by atoms with Gasteiger partial charge in [-0.05, 0) is 43.7 Å². The standard InChI is InChI=1S/C25H24F2N4O4/c1-15-11-30(14-28-15)19-4-5-20-22(32)29(7-8-31(20)23(19)33)13-25-10-16(25)12-34-21-6-3-17(9-18(21)25)35-24(2,26)27/h3-6,9,11,14,16H,7-8,10,12-13H2,1-2H3/t16?,25-/m0/s1. The van der Waals surface area contributed by atoms with Crippen molar-refractivity contribution in [2.24, 2.45) is 5.92 Å². The fourth-order valence-corrected chi connectivity index (χ4v) is 5.39. The van der Waals surface area contributed by atoms with E-state index in [0.717, 1.165) is 17.7 Å². The number of benzene rings is 1. The summed E-state index contributed by atoms with van der Waals surface area (Å²) in [7, 11) is 0. The van der Waals surface area contributed by atoms with Crippen LogP contribution in [-0.2, 0) is 12.0 Å². The first kappa shape index (κ1) is 21.8. The molecule has 1 unspecified atom stereocenters. The van der Waals surface area contributed by atoms with E-state index in [2.05, 4.69) is 4.98 Å². The van der Waals surface area contributed by atoms with Gasteiger partial charge in [0.1, 0.15) is 22.9 Å². The summed E-state index contributed by atoms with van der Waals surface area (Å²) in [5.41, 5.74) is 1.75. The molecule has 35 heavy (non-hydrogen) atoms. The first-order valence-electron chi connectivity index (χ1n) is 11.5. The molecular formula is C25H24F2N4O4. The van der Waals surface area contributed by atoms with Gasteiger partial charge in [-0.2, -0.15) is 8.78 Å². The Kier molecular flexibility index (Phi) is 4.61. The minimum absolute atomic E-state index is 0.0657. The summed E-state index contributed by atoms with van der Waals surface area (Å²) >= 11 is 0. The number of amides is 1. The van der Waals surface area contributed by atoms with Crippen molar-refractivity contribution in [3.63, 3.8) is 0 Å². The minimum atomic E-state index is -3.30. The molecule has 182 valence electrons. The predicted octanol–water partition coefficient (Wildman–Crippen LogP) is 3.14. The van der Waals surface area contributed by atoms with Crippen molar-refractivity contribution in [2.45, 2.75) is 38.3 Å². The van der Waals surface area contributed by atoms with Gasteiger partial charge in [0.05, 0.1) is 18.6 Å². The maximum absolute atomic E-state index is 13.4. The van der Waals surface area contributed by atoms with Crippen LogP contribution in [0.3, 0.4) is 0 Å². The Morgan fingerprint density at radius 1 is 1.23 bits per heavy atom. The van der Waals surface area contributed by atoms with Crippen molar-refractivity contribution in [3.05, 3.63) is 70.2 Å². The lowest BCUT2D eigenvalue weighted by molar-refractivity contribution is -0.159. The Bertz CT molecular complexity index is 1410. The molecule has 4 heterocycles. The molecule has 2 atom stereocenters. The summed E-state index contributed by atoms with van der Waals surface area (Å²) in [5, 5.41) is 0. The molecule has 1 amide bonds. The van der Waals surface area contributed by atoms with Crippen LogP contribution in [-0.4, -0.2) is 50.7 Å². The van der Waals surface area contributed by atoms with Crippen LogP contribution >= 0.6 is 0 Å². The fourth-order valence-electron chi connectivity index (χ4n) is 5.39. The van der Waals surface area contributed by atoms with Crippen LogP contribution in [0.4, 0.5) is 8.78 Å². The van der Waals surface area contributed by atoms with Crippen molar-refractivity contribution in [1.82, 2.24) is 19.0 Å². The molecule has 0 saturated heterocycles. The van der Waals surface area contributed by atoms with Gasteiger partial charge in [-0.25, -0.2) is 4.98 Å². The van der Waals surface area contributed by atoms with Gasteiger partial charge in [0.15, 0.2) is 0 Å². The smallest absolute Gasteiger partial charge is 0.394 e. The monoisotopic (exact) mass is 482 g/mol. The van der Waals surface area contributed by atoms with Crippen molar-refractivity contribution >= 4 is 5.91 Å². The van der Waals surface area contributed by atoms with Crippen LogP contribution in [0.1, 0.15) is 35.1 Å². The molecule has 6 rings (SSSR count). The summed E-state index contributed by atoms with van der Waals surface area (Å²) in [5.74, 6) is 0.668. The molecule has 1 fully saturated rings. The zero-order valence-electron chi connectivity index (χ0n) is 19.3. The van der Waals surface area contributed by atoms with Crippen LogP contribution in [0.15, 0.2) is 47.7 Å². The van der Waals surface area contributed by atoms with Gasteiger partial charge in [0, 0.05) is 49.7 Å². The summed E-state index contributed by atoms with van der Waals surface area (Å²) in [4.78, 5) is 32.4. The van der Waals surface area contributed by atoms with Crippen molar-refractivity contribution in [1.29, 1.82) is 0 Å². The van der Waals surface area contributed by atoms with Crippen LogP contribution in [0.25, 0.3) is 5.69 Å². The Hall–Kier alpha value is -3.69. The van der Waals surface area contributed by atoms with E-state index in [1.807, 2.05) is 6.92 Å². The Morgan fingerprint density at radius 2 is 2.06 bits per heavy atom. The number of carbonyl (C=O) groups is 1. The number of imidazole rings is 1. The third-order valence-corrected chi connectivity index (χ3v) is 7.17. The van der Waals surface area contributed by atoms with Crippen LogP contribution in [0, 0.1) is 12.8 Å². The van der Waals surface area contributed by atoms with E-state index in [9.17, 15) is 18.4 Å². The lowest BCUT2D eigenvalue weighted by Gasteiger charge is -2.35. The van der Waals surface area contributed by atoms with Crippen molar-refractivity contribution in [3.8, 4) is 17.2 Å². The van der Waals surface area contributed by atoms with E-state index in [1.54, 1.807) is 46.3 Å². The molecule has 1 saturated carbocycles. The van der Waals surface area contributed by atoms with Gasteiger partial charge in [-0.3, -0.25) is 9.59 Å². The number of halogens is 2. The van der Waals surface area contributed by atoms with Gasteiger partial charge in [-0.1, -0.05) is 0 Å². The average Bonchev–Trinajstić information content (AvgIpc) is 3.37. The third-order valence-electron chi connectivity index (χ3n) is 7.17. The number of carbonyl (C=O) groups excluding carboxylic acids is 1. The second-order valence-corrected chi connectivity index (χ2v) is 9.65. The zero-order chi connectivity index (χ0) is 24.5. The Balaban J connectivity index is 1.29. The molecule has 2 aromatic heterocycles. The number of hydrogen-bond acceptors (Lipinski definition) is 5. The lowest BCUT2D eigenvalue weighted by Crippen LogP contribution is -2.48. The summed E-state index contributed by atoms with van der Waals surface area (Å²) in [6.07, 6.45) is 0.842. The number of rotatable bonds is 5. The molecule has 0 radical (unpaired) electrons. The number of hydrogen-bond donors (Lipinski definition) is 0. The van der Waals surface area contributed by atoms with Crippen LogP contribution in [0.5, 0.6) is 11.5 Å². The number of aromatic nitrogens is 3. The minimum Gasteiger partial charge on any atom is -0.493 e. The van der Waals surface area contributed by atoms with Crippen molar-refractivity contribution in [2.75, 3.05) is 19.7 Å². The molecule has 0 N–H and O–H groups in total. The first-order chi connectivity index (χ1) is 16.6. The predicted molar refractivity (Wildman–Crippen MR) is 121 cm³/mol. The summed E-state index contributed by atoms with van der Waals surface area (Å²) < 4.78 is 40.7. The molecule has 0 spiro atoms. The molecule has 2 aliphatic heterocycles. The van der Waals surface area contributed by atoms with Crippen LogP contribution in [0.2, 0.25) is 0 Å². The highest BCUT2D eigenvalue weighted by molar-refractivity contribution is 5.93. The highest BCUT2D eigenvalue weighted by atomic mass is 19.3. The van der Waals surface area contributed by atoms with E-state index >= 15 is 0 Å². The van der Waals surface area contributed by atoms with E-state index in [4.69, 9.17) is 9.47 Å². The SMILES string of the molecule is Cc1cn(-c2ccc3n(c2=O)CCN(C[C@@]24CC2COc2ccc(OC(C)(F)F)cc24)C3=O)cn1. The van der Waals surface area contributed by atoms with Gasteiger partial charge in [0.25, 0.3) is 11.5 Å². The molecule has 10 heteroatoms. The second-order valence-electron chi connectivity index (χ2n) is 9.65. The molecular weight excluding hydrogens is 458 g/mol. The quantitative estimate of drug-likeness (QED) is 0.559. The van der Waals surface area contributed by atoms with E-state index in [1.165, 1.54) is 10.6 Å². The highest BCUT2D eigenvalue weighted by Gasteiger charge is 2.60. The maximum Gasteiger partial charge on any atom is 0.394 e. The zero-order valence-corrected chi connectivity index (χ0v) is 19.3. The second kappa shape index (κ2) is 7.40. The first-order valence-corrected chi connectivity index (χ1v) is 11.5. The van der Waals surface area contributed by atoms with Crippen LogP contribution < -0.4 is 15.0 Å². The summed E-state index contributed by atoms with van der Waals surface area (Å²) in [6.45, 7) is 4.24. The molecule has 1 aromatic carbocycles. The van der Waals surface area contributed by atoms with E-state index in [0.29, 0.717) is 50.3 Å². The third kappa shape index (κ3) is 3.59. The number of ether oxygens (including phenoxy) is 2. The number of aryl methyl sites for hydroxylation is 1. The Morgan fingerprint density at radius 3 is 2.80 bits per heavy atom. The van der Waals surface area contributed by atoms with Gasteiger partial charge in [-0.15, -0.1) is 0 Å². The number of alkyl halides is 2. The fraction of sp³-hybridized carbons (Fsp3) is 0.400. The maximum atomic E-state index is 13.4. The number of fused-ring (bicyclic) bond motifs is 4. The Labute approximate surface area is 199 Å². The van der Waals surface area contributed by atoms with Gasteiger partial charge < -0.3 is 23.5 Å². The van der Waals surface area contributed by atoms with E-state index < -0.39 is 6.11 Å². The topological polar surface area (TPSA) is 78.6 Å². The van der Waals surface area contributed by atoms with Gasteiger partial charge in [0.2, 0.25) is 0 Å². The largest absolute Gasteiger partial charge is 0.493 e. The molecule has 3 aliphatic rings. The summed E-state index contributed by atoms with van der Waals surface area (Å²) in [6, 6.07) is 8.06. The average molecular weight is 482 g/mol. The molecule has 8 nitrogen and oxygen atoms in total. The van der Waals surface area contributed by atoms with E-state index in [-0.39, 0.29) is 28.5 Å².